The molecule has 2 fully saturated rings. The maximum atomic E-state index is 12.6. The number of aryl methyl sites for hydroxylation is 1. The number of H-pyrrole nitrogens is 1. The van der Waals surface area contributed by atoms with Crippen LogP contribution in [0.1, 0.15) is 60.7 Å². The first-order chi connectivity index (χ1) is 19.3. The zero-order valence-electron chi connectivity index (χ0n) is 23.3. The lowest BCUT2D eigenvalue weighted by Crippen LogP contribution is -2.32. The minimum atomic E-state index is -4.38. The van der Waals surface area contributed by atoms with Crippen molar-refractivity contribution in [3.05, 3.63) is 41.0 Å². The Bertz CT molecular complexity index is 1250. The summed E-state index contributed by atoms with van der Waals surface area (Å²) in [5, 5.41) is 9.36. The highest BCUT2D eigenvalue weighted by Gasteiger charge is 2.38. The maximum Gasteiger partial charge on any atom is 0.414 e. The van der Waals surface area contributed by atoms with Crippen molar-refractivity contribution >= 4 is 38.7 Å². The standard InChI is InChI=1S/C17H21F3N4O2.C4H5N3O2.C3H6.CH2B2/c1-10(26-11(2)17(18,19)20)7-15-22-13-4-3-12(8-14(13)23-15)9-24-6-5-21-16(24)25;1-2-3(4(5)8)7-9-6-2;1-2-3-1;2-1-3/h3-4,8,10-11H,5-7,9H2,1-2H3,(H,21,25)(H,22,23);1H3,(H2,5,8);1-3H2;1H2/t10-,11?;;;/m1.../s1. The Kier molecular flexibility index (Phi) is 13.2. The summed E-state index contributed by atoms with van der Waals surface area (Å²) < 4.78 is 46.9. The molecule has 2 atom stereocenters. The van der Waals surface area contributed by atoms with Crippen LogP contribution in [0.2, 0.25) is 6.22 Å². The van der Waals surface area contributed by atoms with Crippen LogP contribution in [0.15, 0.2) is 22.8 Å². The lowest BCUT2D eigenvalue weighted by Gasteiger charge is -2.20. The van der Waals surface area contributed by atoms with E-state index < -0.39 is 24.3 Å². The molecule has 5 rings (SSSR count). The molecule has 4 radical (unpaired) electrons. The molecule has 1 unspecified atom stereocenters. The van der Waals surface area contributed by atoms with E-state index in [1.54, 1.807) is 18.7 Å². The number of aromatic amines is 1. The van der Waals surface area contributed by atoms with Crippen molar-refractivity contribution in [1.29, 1.82) is 0 Å². The molecule has 1 saturated heterocycles. The van der Waals surface area contributed by atoms with E-state index >= 15 is 0 Å². The molecule has 1 aliphatic carbocycles. The number of hydrogen-bond acceptors (Lipinski definition) is 7. The van der Waals surface area contributed by atoms with Gasteiger partial charge in [0.15, 0.2) is 11.8 Å². The monoisotopic (exact) mass is 575 g/mol. The summed E-state index contributed by atoms with van der Waals surface area (Å²) in [5.74, 6) is -0.0494. The Hall–Kier alpha value is -3.55. The molecule has 0 bridgehead atoms. The molecular formula is C25H34B2F3N7O4. The largest absolute Gasteiger partial charge is 0.414 e. The van der Waals surface area contributed by atoms with E-state index in [1.165, 1.54) is 19.3 Å². The summed E-state index contributed by atoms with van der Waals surface area (Å²) in [6.45, 7) is 5.99. The van der Waals surface area contributed by atoms with Crippen LogP contribution in [-0.4, -0.2) is 84.3 Å². The summed E-state index contributed by atoms with van der Waals surface area (Å²) in [5.41, 5.74) is 7.84. The third-order valence-corrected chi connectivity index (χ3v) is 5.53. The lowest BCUT2D eigenvalue weighted by atomic mass is 9.88. The van der Waals surface area contributed by atoms with E-state index in [4.69, 9.17) is 10.5 Å². The number of urea groups is 1. The fourth-order valence-electron chi connectivity index (χ4n) is 3.39. The van der Waals surface area contributed by atoms with Crippen molar-refractivity contribution in [2.45, 2.75) is 77.6 Å². The van der Waals surface area contributed by atoms with Crippen LogP contribution < -0.4 is 11.1 Å². The van der Waals surface area contributed by atoms with Crippen molar-refractivity contribution in [2.24, 2.45) is 5.73 Å². The third-order valence-electron chi connectivity index (χ3n) is 5.53. The Morgan fingerprint density at radius 1 is 1.22 bits per heavy atom. The van der Waals surface area contributed by atoms with Gasteiger partial charge in [0, 0.05) is 26.1 Å². The molecule has 0 spiro atoms. The molecule has 4 N–H and O–H groups in total. The van der Waals surface area contributed by atoms with Crippen molar-refractivity contribution in [3.63, 3.8) is 0 Å². The predicted molar refractivity (Wildman–Crippen MR) is 147 cm³/mol. The van der Waals surface area contributed by atoms with Crippen molar-refractivity contribution in [3.8, 4) is 0 Å². The summed E-state index contributed by atoms with van der Waals surface area (Å²) in [4.78, 5) is 31.2. The summed E-state index contributed by atoms with van der Waals surface area (Å²) in [6, 6.07) is 5.55. The Morgan fingerprint density at radius 2 is 1.88 bits per heavy atom. The summed E-state index contributed by atoms with van der Waals surface area (Å²) >= 11 is 0. The first-order valence-electron chi connectivity index (χ1n) is 13.1. The number of aromatic nitrogens is 4. The zero-order chi connectivity index (χ0) is 30.6. The molecule has 3 amide bonds. The molecular weight excluding hydrogens is 541 g/mol. The van der Waals surface area contributed by atoms with Crippen LogP contribution in [0.25, 0.3) is 11.0 Å². The normalized spacial score (nSPS) is 15.4. The molecule has 2 aliphatic rings. The minimum Gasteiger partial charge on any atom is -0.366 e. The van der Waals surface area contributed by atoms with E-state index in [1.807, 2.05) is 18.2 Å². The Morgan fingerprint density at radius 3 is 2.34 bits per heavy atom. The molecule has 11 nitrogen and oxygen atoms in total. The van der Waals surface area contributed by atoms with Crippen LogP contribution >= 0.6 is 0 Å². The highest BCUT2D eigenvalue weighted by Crippen LogP contribution is 2.24. The molecule has 1 saturated carbocycles. The van der Waals surface area contributed by atoms with Gasteiger partial charge in [0.2, 0.25) is 0 Å². The van der Waals surface area contributed by atoms with Crippen LogP contribution in [0, 0.1) is 6.92 Å². The van der Waals surface area contributed by atoms with E-state index in [9.17, 15) is 22.8 Å². The molecule has 2 aromatic heterocycles. The van der Waals surface area contributed by atoms with Gasteiger partial charge in [0.05, 0.1) is 32.8 Å². The first kappa shape index (κ1) is 33.7. The summed E-state index contributed by atoms with van der Waals surface area (Å²) in [7, 11) is 9.25. The van der Waals surface area contributed by atoms with Gasteiger partial charge in [-0.15, -0.1) is 6.22 Å². The molecule has 1 aromatic carbocycles. The molecule has 16 heteroatoms. The van der Waals surface area contributed by atoms with Crippen molar-refractivity contribution < 1.29 is 32.1 Å². The van der Waals surface area contributed by atoms with Crippen LogP contribution in [0.4, 0.5) is 18.0 Å². The number of carbonyl (C=O) groups excluding carboxylic acids is 2. The number of carbonyl (C=O) groups is 2. The second-order valence-corrected chi connectivity index (χ2v) is 9.38. The number of halogens is 3. The quantitative estimate of drug-likeness (QED) is 0.366. The molecule has 1 aliphatic heterocycles. The smallest absolute Gasteiger partial charge is 0.366 e. The van der Waals surface area contributed by atoms with Gasteiger partial charge < -0.3 is 25.7 Å². The van der Waals surface area contributed by atoms with Gasteiger partial charge in [-0.2, -0.15) is 13.2 Å². The van der Waals surface area contributed by atoms with Crippen LogP contribution in [-0.2, 0) is 17.7 Å². The Balaban J connectivity index is 0.000000319. The van der Waals surface area contributed by atoms with E-state index in [2.05, 4.69) is 45.9 Å². The highest BCUT2D eigenvalue weighted by molar-refractivity contribution is 6.31. The minimum absolute atomic E-state index is 0.0832. The first-order valence-corrected chi connectivity index (χ1v) is 13.1. The number of ether oxygens (including phenoxy) is 1. The predicted octanol–water partition coefficient (Wildman–Crippen LogP) is 3.33. The number of nitrogens with two attached hydrogens (primary N) is 1. The van der Waals surface area contributed by atoms with Crippen molar-refractivity contribution in [2.75, 3.05) is 13.1 Å². The number of alkyl halides is 3. The van der Waals surface area contributed by atoms with Gasteiger partial charge in [-0.1, -0.05) is 30.5 Å². The molecule has 220 valence electrons. The number of amides is 3. The van der Waals surface area contributed by atoms with Gasteiger partial charge in [-0.3, -0.25) is 4.79 Å². The van der Waals surface area contributed by atoms with Crippen molar-refractivity contribution in [1.82, 2.24) is 30.5 Å². The number of nitrogens with one attached hydrogen (secondary N) is 2. The maximum absolute atomic E-state index is 12.6. The average molecular weight is 575 g/mol. The fraction of sp³-hybridized carbons (Fsp3) is 0.560. The van der Waals surface area contributed by atoms with E-state index in [-0.39, 0.29) is 24.4 Å². The average Bonchev–Trinajstić information content (AvgIpc) is 3.49. The Labute approximate surface area is 238 Å². The number of nitrogens with zero attached hydrogens (tertiary/aromatic N) is 4. The summed E-state index contributed by atoms with van der Waals surface area (Å²) in [6.07, 6.45) is -1.82. The van der Waals surface area contributed by atoms with Gasteiger partial charge >= 0.3 is 12.2 Å². The third kappa shape index (κ3) is 11.8. The van der Waals surface area contributed by atoms with Gasteiger partial charge in [0.1, 0.15) is 11.5 Å². The van der Waals surface area contributed by atoms with Crippen LogP contribution in [0.5, 0.6) is 0 Å². The van der Waals surface area contributed by atoms with Gasteiger partial charge in [-0.05, 0) is 43.6 Å². The molecule has 3 heterocycles. The zero-order valence-corrected chi connectivity index (χ0v) is 23.3. The number of fused-ring (bicyclic) bond motifs is 1. The second kappa shape index (κ2) is 16.0. The van der Waals surface area contributed by atoms with Gasteiger partial charge in [-0.25, -0.2) is 14.4 Å². The van der Waals surface area contributed by atoms with Crippen LogP contribution in [0.3, 0.4) is 0 Å². The van der Waals surface area contributed by atoms with E-state index in [0.29, 0.717) is 31.2 Å². The number of benzene rings is 1. The number of imidazole rings is 1. The molecule has 41 heavy (non-hydrogen) atoms. The number of primary amides is 1. The molecule has 3 aromatic rings. The highest BCUT2D eigenvalue weighted by atomic mass is 19.4. The number of hydrogen-bond donors (Lipinski definition) is 3. The SMILES string of the molecule is C1CC1.CC(O[C@H](C)Cc1nc2ccc(CN3CCNC3=O)cc2[nH]1)C(F)(F)F.Cc1nonc1C(N)=O.[B]C[B]. The number of rotatable bonds is 7. The topological polar surface area (TPSA) is 152 Å². The fourth-order valence-corrected chi connectivity index (χ4v) is 3.39. The lowest BCUT2D eigenvalue weighted by molar-refractivity contribution is -0.224. The van der Waals surface area contributed by atoms with Gasteiger partial charge in [0.25, 0.3) is 5.91 Å². The van der Waals surface area contributed by atoms with E-state index in [0.717, 1.165) is 23.5 Å². The second-order valence-electron chi connectivity index (χ2n) is 9.38.